The molecule has 0 radical (unpaired) electrons. The first-order chi connectivity index (χ1) is 8.49. The van der Waals surface area contributed by atoms with E-state index in [1.807, 2.05) is 0 Å². The summed E-state index contributed by atoms with van der Waals surface area (Å²) < 4.78 is 13.1. The van der Waals surface area contributed by atoms with Gasteiger partial charge in [-0.2, -0.15) is 0 Å². The number of amides is 1. The molecule has 1 heterocycles. The Hall–Kier alpha value is -1.91. The molecular weight excluding hydrogens is 237 g/mol. The van der Waals surface area contributed by atoms with Crippen LogP contribution in [0.15, 0.2) is 18.2 Å². The lowest BCUT2D eigenvalue weighted by atomic mass is 9.92. The van der Waals surface area contributed by atoms with Gasteiger partial charge in [0.1, 0.15) is 11.6 Å². The second kappa shape index (κ2) is 4.76. The third kappa shape index (κ3) is 2.34. The standard InChI is InChI=1S/C13H14FNO3/c1-8-6-9(14)2-3-11(8)12-7-10(16)4-5-15(12)13(17)18/h2-3,6,12H,4-5,7H2,1H3,(H,17,18)/t12-/m1/s1. The maximum absolute atomic E-state index is 13.1. The van der Waals surface area contributed by atoms with Gasteiger partial charge in [-0.3, -0.25) is 4.79 Å². The normalized spacial score (nSPS) is 20.0. The van der Waals surface area contributed by atoms with Gasteiger partial charge in [0.15, 0.2) is 0 Å². The Morgan fingerprint density at radius 2 is 2.22 bits per heavy atom. The van der Waals surface area contributed by atoms with Crippen molar-refractivity contribution in [1.82, 2.24) is 4.90 Å². The van der Waals surface area contributed by atoms with Crippen LogP contribution in [0.4, 0.5) is 9.18 Å². The van der Waals surface area contributed by atoms with Crippen LogP contribution in [0, 0.1) is 12.7 Å². The number of benzene rings is 1. The molecule has 0 aromatic heterocycles. The van der Waals surface area contributed by atoms with E-state index < -0.39 is 12.1 Å². The largest absolute Gasteiger partial charge is 0.465 e. The molecule has 96 valence electrons. The summed E-state index contributed by atoms with van der Waals surface area (Å²) in [6.07, 6.45) is -0.627. The number of hydrogen-bond acceptors (Lipinski definition) is 2. The predicted octanol–water partition coefficient (Wildman–Crippen LogP) is 2.52. The molecule has 1 amide bonds. The number of carbonyl (C=O) groups is 2. The van der Waals surface area contributed by atoms with Crippen molar-refractivity contribution >= 4 is 11.9 Å². The van der Waals surface area contributed by atoms with Gasteiger partial charge in [0.05, 0.1) is 6.04 Å². The van der Waals surface area contributed by atoms with E-state index in [1.54, 1.807) is 13.0 Å². The van der Waals surface area contributed by atoms with Crippen LogP contribution in [0.5, 0.6) is 0 Å². The molecule has 1 saturated heterocycles. The lowest BCUT2D eigenvalue weighted by molar-refractivity contribution is -0.122. The molecule has 1 aromatic rings. The summed E-state index contributed by atoms with van der Waals surface area (Å²) in [6.45, 7) is 1.92. The highest BCUT2D eigenvalue weighted by Gasteiger charge is 2.32. The topological polar surface area (TPSA) is 57.6 Å². The highest BCUT2D eigenvalue weighted by molar-refractivity contribution is 5.82. The summed E-state index contributed by atoms with van der Waals surface area (Å²) in [5.41, 5.74) is 1.37. The van der Waals surface area contributed by atoms with Crippen molar-refractivity contribution in [3.05, 3.63) is 35.1 Å². The van der Waals surface area contributed by atoms with Gasteiger partial charge in [-0.05, 0) is 30.2 Å². The average molecular weight is 251 g/mol. The molecule has 0 unspecified atom stereocenters. The number of rotatable bonds is 1. The van der Waals surface area contributed by atoms with Crippen molar-refractivity contribution in [3.8, 4) is 0 Å². The smallest absolute Gasteiger partial charge is 0.407 e. The maximum Gasteiger partial charge on any atom is 0.407 e. The molecule has 5 heteroatoms. The fourth-order valence-electron chi connectivity index (χ4n) is 2.35. The van der Waals surface area contributed by atoms with E-state index in [0.29, 0.717) is 11.1 Å². The van der Waals surface area contributed by atoms with E-state index >= 15 is 0 Å². The van der Waals surface area contributed by atoms with Crippen LogP contribution in [0.3, 0.4) is 0 Å². The molecule has 1 aliphatic heterocycles. The average Bonchev–Trinajstić information content (AvgIpc) is 2.28. The van der Waals surface area contributed by atoms with Gasteiger partial charge in [-0.15, -0.1) is 0 Å². The van der Waals surface area contributed by atoms with Crippen molar-refractivity contribution < 1.29 is 19.1 Å². The highest BCUT2D eigenvalue weighted by atomic mass is 19.1. The fraction of sp³-hybridized carbons (Fsp3) is 0.385. The van der Waals surface area contributed by atoms with Crippen LogP contribution in [0.25, 0.3) is 0 Å². The minimum absolute atomic E-state index is 0.0428. The third-order valence-corrected chi connectivity index (χ3v) is 3.27. The Morgan fingerprint density at radius 1 is 1.50 bits per heavy atom. The van der Waals surface area contributed by atoms with Crippen molar-refractivity contribution in [2.45, 2.75) is 25.8 Å². The van der Waals surface area contributed by atoms with Crippen molar-refractivity contribution in [1.29, 1.82) is 0 Å². The second-order valence-corrected chi connectivity index (χ2v) is 4.49. The Labute approximate surface area is 104 Å². The van der Waals surface area contributed by atoms with Crippen LogP contribution >= 0.6 is 0 Å². The zero-order chi connectivity index (χ0) is 13.3. The minimum Gasteiger partial charge on any atom is -0.465 e. The first-order valence-corrected chi connectivity index (χ1v) is 5.76. The molecule has 0 bridgehead atoms. The molecule has 18 heavy (non-hydrogen) atoms. The summed E-state index contributed by atoms with van der Waals surface area (Å²) >= 11 is 0. The number of likely N-dealkylation sites (tertiary alicyclic amines) is 1. The summed E-state index contributed by atoms with van der Waals surface area (Å²) in [5, 5.41) is 9.14. The van der Waals surface area contributed by atoms with Crippen LogP contribution < -0.4 is 0 Å². The lowest BCUT2D eigenvalue weighted by Gasteiger charge is -2.33. The van der Waals surface area contributed by atoms with E-state index in [9.17, 15) is 14.0 Å². The summed E-state index contributed by atoms with van der Waals surface area (Å²) in [7, 11) is 0. The lowest BCUT2D eigenvalue weighted by Crippen LogP contribution is -2.40. The number of hydrogen-bond donors (Lipinski definition) is 1. The predicted molar refractivity (Wildman–Crippen MR) is 62.8 cm³/mol. The number of carboxylic acid groups (broad SMARTS) is 1. The maximum atomic E-state index is 13.1. The van der Waals surface area contributed by atoms with E-state index in [4.69, 9.17) is 5.11 Å². The van der Waals surface area contributed by atoms with Crippen molar-refractivity contribution in [3.63, 3.8) is 0 Å². The summed E-state index contributed by atoms with van der Waals surface area (Å²) in [6, 6.07) is 3.71. The van der Waals surface area contributed by atoms with Crippen LogP contribution in [-0.2, 0) is 4.79 Å². The zero-order valence-corrected chi connectivity index (χ0v) is 10.0. The van der Waals surface area contributed by atoms with Crippen molar-refractivity contribution in [2.75, 3.05) is 6.54 Å². The Kier molecular flexibility index (Phi) is 3.32. The fourth-order valence-corrected chi connectivity index (χ4v) is 2.35. The molecule has 1 N–H and O–H groups in total. The van der Waals surface area contributed by atoms with Gasteiger partial charge in [0.25, 0.3) is 0 Å². The molecule has 1 fully saturated rings. The first-order valence-electron chi connectivity index (χ1n) is 5.76. The highest BCUT2D eigenvalue weighted by Crippen LogP contribution is 2.31. The molecule has 0 spiro atoms. The summed E-state index contributed by atoms with van der Waals surface area (Å²) in [5.74, 6) is -0.318. The number of piperidine rings is 1. The van der Waals surface area contributed by atoms with Crippen LogP contribution in [0.2, 0.25) is 0 Å². The molecule has 2 rings (SSSR count). The van der Waals surface area contributed by atoms with Gasteiger partial charge >= 0.3 is 6.09 Å². The van der Waals surface area contributed by atoms with Gasteiger partial charge in [0.2, 0.25) is 0 Å². The Morgan fingerprint density at radius 3 is 2.83 bits per heavy atom. The monoisotopic (exact) mass is 251 g/mol. The number of aryl methyl sites for hydroxylation is 1. The summed E-state index contributed by atoms with van der Waals surface area (Å²) in [4.78, 5) is 23.9. The quantitative estimate of drug-likeness (QED) is 0.834. The number of Topliss-reactive ketones (excluding diaryl/α,β-unsaturated/α-hetero) is 1. The number of nitrogens with zero attached hydrogens (tertiary/aromatic N) is 1. The van der Waals surface area contributed by atoms with E-state index in [2.05, 4.69) is 0 Å². The van der Waals surface area contributed by atoms with E-state index in [1.165, 1.54) is 17.0 Å². The zero-order valence-electron chi connectivity index (χ0n) is 10.0. The molecule has 1 aromatic carbocycles. The minimum atomic E-state index is -1.05. The van der Waals surface area contributed by atoms with E-state index in [-0.39, 0.29) is 31.0 Å². The number of halogens is 1. The van der Waals surface area contributed by atoms with Gasteiger partial charge in [-0.1, -0.05) is 6.07 Å². The molecule has 0 aliphatic carbocycles. The molecule has 4 nitrogen and oxygen atoms in total. The first kappa shape index (κ1) is 12.5. The number of ketones is 1. The van der Waals surface area contributed by atoms with Gasteiger partial charge < -0.3 is 10.0 Å². The van der Waals surface area contributed by atoms with Crippen LogP contribution in [-0.4, -0.2) is 28.4 Å². The van der Waals surface area contributed by atoms with Crippen molar-refractivity contribution in [2.24, 2.45) is 0 Å². The molecule has 0 saturated carbocycles. The Balaban J connectivity index is 2.38. The third-order valence-electron chi connectivity index (χ3n) is 3.27. The SMILES string of the molecule is Cc1cc(F)ccc1[C@H]1CC(=O)CCN1C(=O)O. The number of carbonyl (C=O) groups excluding carboxylic acids is 1. The van der Waals surface area contributed by atoms with Gasteiger partial charge in [-0.25, -0.2) is 9.18 Å². The van der Waals surface area contributed by atoms with Crippen LogP contribution in [0.1, 0.15) is 30.0 Å². The Bertz CT molecular complexity index is 501. The molecule has 1 aliphatic rings. The molecular formula is C13H14FNO3. The van der Waals surface area contributed by atoms with E-state index in [0.717, 1.165) is 0 Å². The second-order valence-electron chi connectivity index (χ2n) is 4.49. The van der Waals surface area contributed by atoms with Gasteiger partial charge in [0, 0.05) is 19.4 Å². The molecule has 1 atom stereocenters.